The molecule has 1 aliphatic heterocycles. The first-order valence-electron chi connectivity index (χ1n) is 9.15. The minimum absolute atomic E-state index is 0.0426. The Morgan fingerprint density at radius 3 is 2.54 bits per heavy atom. The molecule has 2 aromatic rings. The Bertz CT molecular complexity index is 799. The number of ether oxygens (including phenoxy) is 1. The van der Waals surface area contributed by atoms with Crippen molar-refractivity contribution in [2.75, 3.05) is 36.5 Å². The average Bonchev–Trinajstić information content (AvgIpc) is 2.68. The van der Waals surface area contributed by atoms with Crippen LogP contribution in [0.5, 0.6) is 5.75 Å². The summed E-state index contributed by atoms with van der Waals surface area (Å²) in [4.78, 5) is 19.2. The molecule has 1 aromatic carbocycles. The van der Waals surface area contributed by atoms with E-state index in [-0.39, 0.29) is 11.7 Å². The normalized spacial score (nSPS) is 16.8. The molecule has 0 bridgehead atoms. The third kappa shape index (κ3) is 3.51. The van der Waals surface area contributed by atoms with Crippen LogP contribution in [0.3, 0.4) is 0 Å². The van der Waals surface area contributed by atoms with Gasteiger partial charge >= 0.3 is 0 Å². The molecule has 0 atom stereocenters. The number of carbonyl (C=O) groups excluding carboxylic acids is 1. The Kier molecular flexibility index (Phi) is 4.75. The minimum atomic E-state index is -0.309. The quantitative estimate of drug-likeness (QED) is 0.887. The lowest BCUT2D eigenvalue weighted by atomic mass is 9.90. The number of hydrogen-bond donors (Lipinski definition) is 2. The van der Waals surface area contributed by atoms with Crippen molar-refractivity contribution in [3.05, 3.63) is 47.2 Å². The Morgan fingerprint density at radius 2 is 1.85 bits per heavy atom. The van der Waals surface area contributed by atoms with Crippen molar-refractivity contribution < 1.29 is 14.6 Å². The molecule has 1 saturated heterocycles. The van der Waals surface area contributed by atoms with Crippen molar-refractivity contribution in [1.82, 2.24) is 4.98 Å². The molecule has 1 amide bonds. The number of phenolic OH excluding ortho intramolecular Hbond substituents is 1. The summed E-state index contributed by atoms with van der Waals surface area (Å²) in [5.41, 5.74) is 3.26. The number of anilines is 2. The highest BCUT2D eigenvalue weighted by molar-refractivity contribution is 6.06. The number of hydrogen-bond acceptors (Lipinski definition) is 5. The number of fused-ring (bicyclic) bond motifs is 1. The fourth-order valence-corrected chi connectivity index (χ4v) is 3.59. The van der Waals surface area contributed by atoms with Gasteiger partial charge in [-0.15, -0.1) is 0 Å². The highest BCUT2D eigenvalue weighted by atomic mass is 16.5. The van der Waals surface area contributed by atoms with Crippen LogP contribution >= 0.6 is 0 Å². The number of aromatic hydroxyl groups is 1. The van der Waals surface area contributed by atoms with Gasteiger partial charge in [-0.05, 0) is 61.1 Å². The first-order chi connectivity index (χ1) is 12.7. The Hall–Kier alpha value is -2.60. The fourth-order valence-electron chi connectivity index (χ4n) is 3.59. The van der Waals surface area contributed by atoms with Gasteiger partial charge in [-0.25, -0.2) is 4.98 Å². The number of amides is 1. The number of aromatic nitrogens is 1. The molecule has 4 rings (SSSR count). The van der Waals surface area contributed by atoms with E-state index < -0.39 is 0 Å². The molecule has 1 aromatic heterocycles. The van der Waals surface area contributed by atoms with Gasteiger partial charge in [0.25, 0.3) is 5.91 Å². The summed E-state index contributed by atoms with van der Waals surface area (Å²) in [7, 11) is 0. The standard InChI is InChI=1S/C20H23N3O3/c24-18-12-15-4-2-1-3-14(15)11-17(18)20(25)22-16-5-6-19(21-13-16)23-7-9-26-10-8-23/h5-6,11-13,24H,1-4,7-10H2,(H,22,25). The second kappa shape index (κ2) is 7.33. The number of morpholine rings is 1. The van der Waals surface area contributed by atoms with E-state index in [2.05, 4.69) is 15.2 Å². The van der Waals surface area contributed by atoms with Crippen LogP contribution in [0, 0.1) is 0 Å². The van der Waals surface area contributed by atoms with Gasteiger partial charge in [-0.3, -0.25) is 4.79 Å². The van der Waals surface area contributed by atoms with Crippen molar-refractivity contribution in [1.29, 1.82) is 0 Å². The molecule has 2 aliphatic rings. The molecule has 0 spiro atoms. The Labute approximate surface area is 152 Å². The number of pyridine rings is 1. The van der Waals surface area contributed by atoms with Crippen LogP contribution in [0.1, 0.15) is 34.3 Å². The van der Waals surface area contributed by atoms with Crippen LogP contribution in [0.25, 0.3) is 0 Å². The van der Waals surface area contributed by atoms with Crippen molar-refractivity contribution in [3.63, 3.8) is 0 Å². The summed E-state index contributed by atoms with van der Waals surface area (Å²) >= 11 is 0. The molecule has 0 unspecified atom stereocenters. The summed E-state index contributed by atoms with van der Waals surface area (Å²) in [6.45, 7) is 3.05. The maximum atomic E-state index is 12.6. The lowest BCUT2D eigenvalue weighted by Crippen LogP contribution is -2.36. The molecule has 6 heteroatoms. The number of phenols is 1. The molecule has 2 heterocycles. The van der Waals surface area contributed by atoms with Crippen molar-refractivity contribution in [2.45, 2.75) is 25.7 Å². The molecular formula is C20H23N3O3. The van der Waals surface area contributed by atoms with E-state index in [0.29, 0.717) is 24.5 Å². The number of nitrogens with zero attached hydrogens (tertiary/aromatic N) is 2. The SMILES string of the molecule is O=C(Nc1ccc(N2CCOCC2)nc1)c1cc2c(cc1O)CCCC2. The fraction of sp³-hybridized carbons (Fsp3) is 0.400. The second-order valence-corrected chi connectivity index (χ2v) is 6.80. The third-order valence-electron chi connectivity index (χ3n) is 5.05. The molecule has 136 valence electrons. The predicted octanol–water partition coefficient (Wildman–Crippen LogP) is 2.75. The topological polar surface area (TPSA) is 74.7 Å². The highest BCUT2D eigenvalue weighted by Gasteiger charge is 2.18. The molecule has 1 fully saturated rings. The number of carbonyl (C=O) groups is 1. The zero-order chi connectivity index (χ0) is 17.9. The molecular weight excluding hydrogens is 330 g/mol. The van der Waals surface area contributed by atoms with Crippen molar-refractivity contribution in [2.24, 2.45) is 0 Å². The number of benzene rings is 1. The molecule has 26 heavy (non-hydrogen) atoms. The van der Waals surface area contributed by atoms with Crippen LogP contribution in [0.15, 0.2) is 30.5 Å². The van der Waals surface area contributed by atoms with E-state index in [4.69, 9.17) is 4.74 Å². The van der Waals surface area contributed by atoms with Gasteiger partial charge in [-0.1, -0.05) is 0 Å². The monoisotopic (exact) mass is 353 g/mol. The molecule has 6 nitrogen and oxygen atoms in total. The molecule has 1 aliphatic carbocycles. The Balaban J connectivity index is 1.47. The number of rotatable bonds is 3. The Morgan fingerprint density at radius 1 is 1.12 bits per heavy atom. The van der Waals surface area contributed by atoms with E-state index in [1.54, 1.807) is 12.3 Å². The zero-order valence-corrected chi connectivity index (χ0v) is 14.7. The van der Waals surface area contributed by atoms with Gasteiger partial charge in [0.1, 0.15) is 11.6 Å². The molecule has 2 N–H and O–H groups in total. The maximum Gasteiger partial charge on any atom is 0.259 e. The van der Waals surface area contributed by atoms with E-state index in [1.165, 1.54) is 5.56 Å². The van der Waals surface area contributed by atoms with Crippen LogP contribution in [0.4, 0.5) is 11.5 Å². The summed E-state index contributed by atoms with van der Waals surface area (Å²) < 4.78 is 5.35. The largest absolute Gasteiger partial charge is 0.507 e. The van der Waals surface area contributed by atoms with Gasteiger partial charge in [0.15, 0.2) is 0 Å². The van der Waals surface area contributed by atoms with Gasteiger partial charge in [0.2, 0.25) is 0 Å². The third-order valence-corrected chi connectivity index (χ3v) is 5.05. The zero-order valence-electron chi connectivity index (χ0n) is 14.7. The summed E-state index contributed by atoms with van der Waals surface area (Å²) in [5.74, 6) is 0.612. The summed E-state index contributed by atoms with van der Waals surface area (Å²) in [6.07, 6.45) is 5.85. The van der Waals surface area contributed by atoms with Crippen LogP contribution in [-0.4, -0.2) is 42.3 Å². The molecule has 0 radical (unpaired) electrons. The number of aryl methyl sites for hydroxylation is 2. The summed E-state index contributed by atoms with van der Waals surface area (Å²) in [6, 6.07) is 7.30. The van der Waals surface area contributed by atoms with Crippen LogP contribution < -0.4 is 10.2 Å². The van der Waals surface area contributed by atoms with Crippen LogP contribution in [-0.2, 0) is 17.6 Å². The van der Waals surface area contributed by atoms with Gasteiger partial charge in [0.05, 0.1) is 30.7 Å². The first kappa shape index (κ1) is 16.8. The van der Waals surface area contributed by atoms with Crippen molar-refractivity contribution in [3.8, 4) is 5.75 Å². The van der Waals surface area contributed by atoms with E-state index in [0.717, 1.165) is 50.2 Å². The average molecular weight is 353 g/mol. The number of nitrogens with one attached hydrogen (secondary N) is 1. The predicted molar refractivity (Wildman–Crippen MR) is 100.0 cm³/mol. The molecule has 0 saturated carbocycles. The lowest BCUT2D eigenvalue weighted by molar-refractivity contribution is 0.102. The van der Waals surface area contributed by atoms with Crippen LogP contribution in [0.2, 0.25) is 0 Å². The van der Waals surface area contributed by atoms with E-state index in [9.17, 15) is 9.90 Å². The van der Waals surface area contributed by atoms with Gasteiger partial charge in [-0.2, -0.15) is 0 Å². The smallest absolute Gasteiger partial charge is 0.259 e. The lowest BCUT2D eigenvalue weighted by Gasteiger charge is -2.27. The minimum Gasteiger partial charge on any atom is -0.507 e. The van der Waals surface area contributed by atoms with E-state index >= 15 is 0 Å². The van der Waals surface area contributed by atoms with E-state index in [1.807, 2.05) is 18.2 Å². The van der Waals surface area contributed by atoms with Gasteiger partial charge in [0, 0.05) is 13.1 Å². The maximum absolute atomic E-state index is 12.6. The first-order valence-corrected chi connectivity index (χ1v) is 9.15. The highest BCUT2D eigenvalue weighted by Crippen LogP contribution is 2.29. The second-order valence-electron chi connectivity index (χ2n) is 6.80. The summed E-state index contributed by atoms with van der Waals surface area (Å²) in [5, 5.41) is 13.1. The van der Waals surface area contributed by atoms with Gasteiger partial charge < -0.3 is 20.1 Å². The van der Waals surface area contributed by atoms with Crippen molar-refractivity contribution >= 4 is 17.4 Å².